The number of alkyl halides is 3. The maximum Gasteiger partial charge on any atom is 0.490 e. The van der Waals surface area contributed by atoms with Gasteiger partial charge in [0.15, 0.2) is 0 Å². The van der Waals surface area contributed by atoms with Crippen LogP contribution in [0.5, 0.6) is 0 Å². The van der Waals surface area contributed by atoms with Gasteiger partial charge in [0, 0.05) is 49.2 Å². The molecule has 0 saturated carbocycles. The molecule has 4 rings (SSSR count). The largest absolute Gasteiger partial charge is 0.490 e. The number of amides is 1. The van der Waals surface area contributed by atoms with Gasteiger partial charge >= 0.3 is 12.1 Å². The molecule has 2 aromatic heterocycles. The zero-order valence-electron chi connectivity index (χ0n) is 19.6. The molecular formula is C26H25F4N3O4. The summed E-state index contributed by atoms with van der Waals surface area (Å²) in [6.45, 7) is 1.63. The first-order valence-corrected chi connectivity index (χ1v) is 11.4. The maximum absolute atomic E-state index is 13.5. The minimum Gasteiger partial charge on any atom is -0.475 e. The smallest absolute Gasteiger partial charge is 0.475 e. The van der Waals surface area contributed by atoms with Gasteiger partial charge in [0.25, 0.3) is 5.91 Å². The van der Waals surface area contributed by atoms with E-state index in [-0.39, 0.29) is 17.9 Å². The first-order valence-electron chi connectivity index (χ1n) is 11.4. The summed E-state index contributed by atoms with van der Waals surface area (Å²) in [6.07, 6.45) is 1.37. The Kier molecular flexibility index (Phi) is 9.67. The van der Waals surface area contributed by atoms with Gasteiger partial charge in [0.05, 0.1) is 12.7 Å². The third-order valence-electron chi connectivity index (χ3n) is 5.70. The highest BCUT2D eigenvalue weighted by molar-refractivity contribution is 5.94. The van der Waals surface area contributed by atoms with Crippen LogP contribution >= 0.6 is 0 Å². The fourth-order valence-electron chi connectivity index (χ4n) is 3.93. The Balaban J connectivity index is 0.000000479. The summed E-state index contributed by atoms with van der Waals surface area (Å²) >= 11 is 0. The molecule has 0 spiro atoms. The number of carbonyl (C=O) groups excluding carboxylic acids is 1. The maximum atomic E-state index is 13.5. The van der Waals surface area contributed by atoms with Gasteiger partial charge in [0.2, 0.25) is 5.95 Å². The Hall–Kier alpha value is -3.86. The van der Waals surface area contributed by atoms with Crippen LogP contribution in [0.1, 0.15) is 27.9 Å². The van der Waals surface area contributed by atoms with Crippen molar-refractivity contribution < 1.29 is 37.0 Å². The van der Waals surface area contributed by atoms with Crippen LogP contribution in [0.15, 0.2) is 73.2 Å². The summed E-state index contributed by atoms with van der Waals surface area (Å²) in [7, 11) is 0. The van der Waals surface area contributed by atoms with Crippen molar-refractivity contribution in [2.24, 2.45) is 5.92 Å². The quantitative estimate of drug-likeness (QED) is 0.380. The monoisotopic (exact) mass is 519 g/mol. The molecule has 1 amide bonds. The molecule has 1 N–H and O–H groups in total. The van der Waals surface area contributed by atoms with Crippen LogP contribution in [-0.2, 0) is 22.6 Å². The Labute approximate surface area is 210 Å². The van der Waals surface area contributed by atoms with E-state index < -0.39 is 18.1 Å². The molecule has 1 saturated heterocycles. The Bertz CT molecular complexity index is 1160. The number of likely N-dealkylation sites (tertiary alicyclic amines) is 1. The van der Waals surface area contributed by atoms with Crippen molar-refractivity contribution in [3.8, 4) is 0 Å². The summed E-state index contributed by atoms with van der Waals surface area (Å²) in [6, 6.07) is 16.9. The van der Waals surface area contributed by atoms with Crippen LogP contribution in [0.25, 0.3) is 0 Å². The molecule has 2 atom stereocenters. The topological polar surface area (TPSA) is 92.6 Å². The number of rotatable bonds is 6. The molecule has 0 bridgehead atoms. The van der Waals surface area contributed by atoms with Gasteiger partial charge in [-0.05, 0) is 36.1 Å². The number of carbonyl (C=O) groups is 2. The predicted molar refractivity (Wildman–Crippen MR) is 125 cm³/mol. The number of hydrogen-bond acceptors (Lipinski definition) is 5. The van der Waals surface area contributed by atoms with Gasteiger partial charge in [-0.15, -0.1) is 0 Å². The van der Waals surface area contributed by atoms with E-state index in [9.17, 15) is 22.4 Å². The highest BCUT2D eigenvalue weighted by Crippen LogP contribution is 2.26. The number of halogens is 4. The standard InChI is InChI=1S/C24H24FN3O2.C2HF3O2/c25-23-14-20(8-11-27-23)24(29)28-12-9-22(30-17-19-7-4-10-26-15-19)21(16-28)13-18-5-2-1-3-6-18;3-2(4,5)1(6)7/h1-8,10-11,14-15,21-22H,9,12-13,16-17H2;(H,6,7)/t21-,22-;/m1./s1. The molecule has 3 aromatic rings. The van der Waals surface area contributed by atoms with Gasteiger partial charge in [0.1, 0.15) is 0 Å². The third-order valence-corrected chi connectivity index (χ3v) is 5.70. The molecule has 0 radical (unpaired) electrons. The Morgan fingerprint density at radius 3 is 2.38 bits per heavy atom. The second kappa shape index (κ2) is 12.9. The van der Waals surface area contributed by atoms with Crippen molar-refractivity contribution in [1.29, 1.82) is 0 Å². The minimum absolute atomic E-state index is 0.0311. The number of aliphatic carboxylic acids is 1. The number of carboxylic acids is 1. The molecule has 0 unspecified atom stereocenters. The van der Waals surface area contributed by atoms with Crippen molar-refractivity contribution in [2.75, 3.05) is 13.1 Å². The van der Waals surface area contributed by atoms with E-state index in [0.717, 1.165) is 18.4 Å². The van der Waals surface area contributed by atoms with Crippen molar-refractivity contribution in [1.82, 2.24) is 14.9 Å². The third kappa shape index (κ3) is 8.64. The molecule has 37 heavy (non-hydrogen) atoms. The lowest BCUT2D eigenvalue weighted by Crippen LogP contribution is -2.47. The van der Waals surface area contributed by atoms with Crippen LogP contribution in [0.3, 0.4) is 0 Å². The summed E-state index contributed by atoms with van der Waals surface area (Å²) in [5, 5.41) is 7.12. The Morgan fingerprint density at radius 1 is 1.05 bits per heavy atom. The van der Waals surface area contributed by atoms with E-state index in [0.29, 0.717) is 25.3 Å². The number of benzene rings is 1. The number of ether oxygens (including phenoxy) is 1. The second-order valence-electron chi connectivity index (χ2n) is 8.37. The molecule has 7 nitrogen and oxygen atoms in total. The van der Waals surface area contributed by atoms with Crippen molar-refractivity contribution in [3.63, 3.8) is 0 Å². The fourth-order valence-corrected chi connectivity index (χ4v) is 3.93. The summed E-state index contributed by atoms with van der Waals surface area (Å²) in [4.78, 5) is 31.3. The zero-order valence-corrected chi connectivity index (χ0v) is 19.6. The summed E-state index contributed by atoms with van der Waals surface area (Å²) < 4.78 is 51.5. The molecule has 3 heterocycles. The summed E-state index contributed by atoms with van der Waals surface area (Å²) in [5.74, 6) is -3.42. The van der Waals surface area contributed by atoms with Gasteiger partial charge in [-0.1, -0.05) is 36.4 Å². The van der Waals surface area contributed by atoms with Crippen molar-refractivity contribution >= 4 is 11.9 Å². The van der Waals surface area contributed by atoms with Crippen LogP contribution in [0.2, 0.25) is 0 Å². The van der Waals surface area contributed by atoms with Gasteiger partial charge in [-0.2, -0.15) is 17.6 Å². The number of piperidine rings is 1. The fraction of sp³-hybridized carbons (Fsp3) is 0.308. The SMILES string of the molecule is O=C(O)C(F)(F)F.O=C(c1ccnc(F)c1)N1CC[C@@H](OCc2cccnc2)[C@H](Cc2ccccc2)C1. The number of hydrogen-bond donors (Lipinski definition) is 1. The number of nitrogens with zero attached hydrogens (tertiary/aromatic N) is 3. The molecule has 11 heteroatoms. The number of pyridine rings is 2. The van der Waals surface area contributed by atoms with Gasteiger partial charge in [-0.25, -0.2) is 9.78 Å². The van der Waals surface area contributed by atoms with Crippen LogP contribution in [0, 0.1) is 11.9 Å². The number of aromatic nitrogens is 2. The zero-order chi connectivity index (χ0) is 26.8. The predicted octanol–water partition coefficient (Wildman–Crippen LogP) is 4.54. The highest BCUT2D eigenvalue weighted by atomic mass is 19.4. The average Bonchev–Trinajstić information content (AvgIpc) is 2.88. The van der Waals surface area contributed by atoms with E-state index in [4.69, 9.17) is 14.6 Å². The first kappa shape index (κ1) is 27.7. The van der Waals surface area contributed by atoms with E-state index in [2.05, 4.69) is 22.1 Å². The summed E-state index contributed by atoms with van der Waals surface area (Å²) in [5.41, 5.74) is 2.57. The van der Waals surface area contributed by atoms with E-state index in [1.54, 1.807) is 17.2 Å². The van der Waals surface area contributed by atoms with E-state index in [1.165, 1.54) is 17.8 Å². The van der Waals surface area contributed by atoms with Crippen molar-refractivity contribution in [2.45, 2.75) is 31.7 Å². The van der Waals surface area contributed by atoms with Crippen LogP contribution in [-0.4, -0.2) is 57.2 Å². The lowest BCUT2D eigenvalue weighted by molar-refractivity contribution is -0.192. The molecular weight excluding hydrogens is 494 g/mol. The van der Waals surface area contributed by atoms with Gasteiger partial charge < -0.3 is 14.7 Å². The normalized spacial score (nSPS) is 17.5. The lowest BCUT2D eigenvalue weighted by Gasteiger charge is -2.38. The van der Waals surface area contributed by atoms with Crippen molar-refractivity contribution in [3.05, 3.63) is 95.8 Å². The average molecular weight is 519 g/mol. The molecule has 196 valence electrons. The first-order chi connectivity index (χ1) is 17.6. The lowest BCUT2D eigenvalue weighted by atomic mass is 9.88. The molecule has 1 fully saturated rings. The molecule has 1 aromatic carbocycles. The van der Waals surface area contributed by atoms with E-state index in [1.807, 2.05) is 36.5 Å². The number of carboxylic acid groups (broad SMARTS) is 1. The van der Waals surface area contributed by atoms with Crippen LogP contribution < -0.4 is 0 Å². The second-order valence-corrected chi connectivity index (χ2v) is 8.37. The van der Waals surface area contributed by atoms with Crippen LogP contribution in [0.4, 0.5) is 17.6 Å². The van der Waals surface area contributed by atoms with E-state index >= 15 is 0 Å². The molecule has 1 aliphatic heterocycles. The molecule has 1 aliphatic rings. The highest BCUT2D eigenvalue weighted by Gasteiger charge is 2.38. The molecule has 0 aliphatic carbocycles. The minimum atomic E-state index is -5.08. The Morgan fingerprint density at radius 2 is 1.76 bits per heavy atom. The van der Waals surface area contributed by atoms with Gasteiger partial charge in [-0.3, -0.25) is 9.78 Å².